The highest BCUT2D eigenvalue weighted by Crippen LogP contribution is 2.22. The molecule has 0 saturated heterocycles. The maximum absolute atomic E-state index is 13.4. The van der Waals surface area contributed by atoms with E-state index in [0.29, 0.717) is 12.8 Å². The van der Waals surface area contributed by atoms with E-state index in [1.807, 2.05) is 44.2 Å². The van der Waals surface area contributed by atoms with Crippen LogP contribution in [0.4, 0.5) is 10.5 Å². The summed E-state index contributed by atoms with van der Waals surface area (Å²) in [6.07, 6.45) is -1.07. The van der Waals surface area contributed by atoms with Gasteiger partial charge in [0.15, 0.2) is 0 Å². The van der Waals surface area contributed by atoms with E-state index in [4.69, 9.17) is 4.74 Å². The summed E-state index contributed by atoms with van der Waals surface area (Å²) in [6.45, 7) is 8.68. The third kappa shape index (κ3) is 9.75. The van der Waals surface area contributed by atoms with Crippen molar-refractivity contribution in [2.45, 2.75) is 70.1 Å². The number of carbonyl (C=O) groups excluding carboxylic acids is 1. The fraction of sp³-hybridized carbons (Fsp3) is 0.500. The molecule has 0 fully saturated rings. The molecule has 2 atom stereocenters. The summed E-state index contributed by atoms with van der Waals surface area (Å²) in [5.41, 5.74) is 0.0299. The summed E-state index contributed by atoms with van der Waals surface area (Å²) < 4.78 is 33.4. The van der Waals surface area contributed by atoms with Crippen molar-refractivity contribution in [2.75, 3.05) is 13.1 Å². The van der Waals surface area contributed by atoms with E-state index in [2.05, 4.69) is 5.32 Å². The molecule has 0 aromatic heterocycles. The Balaban J connectivity index is 2.29. The van der Waals surface area contributed by atoms with Crippen LogP contribution in [-0.2, 0) is 21.2 Å². The van der Waals surface area contributed by atoms with Gasteiger partial charge in [-0.05, 0) is 57.2 Å². The highest BCUT2D eigenvalue weighted by atomic mass is 32.2. The van der Waals surface area contributed by atoms with Gasteiger partial charge in [-0.2, -0.15) is 4.31 Å². The number of carbonyl (C=O) groups is 1. The number of non-ortho nitro benzene ring substituents is 1. The Morgan fingerprint density at radius 1 is 1.08 bits per heavy atom. The summed E-state index contributed by atoms with van der Waals surface area (Å²) in [7, 11) is -4.08. The molecule has 11 heteroatoms. The molecule has 10 nitrogen and oxygen atoms in total. The molecule has 0 unspecified atom stereocenters. The molecular weight excluding hydrogens is 498 g/mol. The van der Waals surface area contributed by atoms with Gasteiger partial charge in [0.2, 0.25) is 10.0 Å². The highest BCUT2D eigenvalue weighted by Gasteiger charge is 2.32. The number of nitro benzene ring substituents is 1. The van der Waals surface area contributed by atoms with E-state index in [9.17, 15) is 28.4 Å². The molecule has 2 rings (SSSR count). The second-order valence-electron chi connectivity index (χ2n) is 10.3. The SMILES string of the molecule is CC(C)CN(C[C@@H](O)[C@H](CCc1ccccc1)NC(=O)OC(C)(C)C)S(=O)(=O)c1ccc([N+](=O)[O-])cc1. The number of ether oxygens (including phenoxy) is 1. The molecule has 0 aliphatic carbocycles. The summed E-state index contributed by atoms with van der Waals surface area (Å²) >= 11 is 0. The molecule has 0 saturated carbocycles. The average Bonchev–Trinajstić information content (AvgIpc) is 2.80. The van der Waals surface area contributed by atoms with Gasteiger partial charge in [0.25, 0.3) is 5.69 Å². The number of alkyl carbamates (subject to hydrolysis) is 1. The van der Waals surface area contributed by atoms with E-state index in [1.165, 1.54) is 12.1 Å². The summed E-state index contributed by atoms with van der Waals surface area (Å²) in [5.74, 6) is -0.0680. The molecule has 2 aromatic carbocycles. The standard InChI is InChI=1S/C26H37N3O7S/c1-19(2)17-28(37(34,35)22-14-12-21(13-15-22)29(32)33)18-24(30)23(27-25(31)36-26(3,4)5)16-11-20-9-7-6-8-10-20/h6-10,12-15,19,23-24,30H,11,16-18H2,1-5H3,(H,27,31)/t23-,24+/m0/s1. The van der Waals surface area contributed by atoms with Crippen LogP contribution in [-0.4, -0.2) is 59.7 Å². The summed E-state index contributed by atoms with van der Waals surface area (Å²) in [5, 5.41) is 24.9. The number of sulfonamides is 1. The van der Waals surface area contributed by atoms with Gasteiger partial charge in [-0.3, -0.25) is 10.1 Å². The number of nitrogens with zero attached hydrogens (tertiary/aromatic N) is 2. The fourth-order valence-corrected chi connectivity index (χ4v) is 5.31. The minimum atomic E-state index is -4.08. The average molecular weight is 536 g/mol. The molecule has 1 amide bonds. The van der Waals surface area contributed by atoms with Crippen LogP contribution >= 0.6 is 0 Å². The van der Waals surface area contributed by atoms with Crippen LogP contribution in [0, 0.1) is 16.0 Å². The highest BCUT2D eigenvalue weighted by molar-refractivity contribution is 7.89. The van der Waals surface area contributed by atoms with E-state index in [1.54, 1.807) is 20.8 Å². The molecule has 37 heavy (non-hydrogen) atoms. The predicted molar refractivity (Wildman–Crippen MR) is 141 cm³/mol. The zero-order valence-electron chi connectivity index (χ0n) is 22.0. The smallest absolute Gasteiger partial charge is 0.407 e. The molecule has 0 aliphatic heterocycles. The Bertz CT molecular complexity index is 1130. The van der Waals surface area contributed by atoms with Gasteiger partial charge < -0.3 is 15.2 Å². The van der Waals surface area contributed by atoms with Gasteiger partial charge in [-0.15, -0.1) is 0 Å². The number of nitro groups is 1. The van der Waals surface area contributed by atoms with Crippen LogP contribution in [0.1, 0.15) is 46.6 Å². The summed E-state index contributed by atoms with van der Waals surface area (Å²) in [4.78, 5) is 22.8. The number of benzene rings is 2. The van der Waals surface area contributed by atoms with Gasteiger partial charge in [-0.25, -0.2) is 13.2 Å². The monoisotopic (exact) mass is 535 g/mol. The fourth-order valence-electron chi connectivity index (χ4n) is 3.69. The first-order valence-corrected chi connectivity index (χ1v) is 13.6. The number of aliphatic hydroxyl groups is 1. The second kappa shape index (κ2) is 13.0. The van der Waals surface area contributed by atoms with Crippen molar-refractivity contribution >= 4 is 21.8 Å². The van der Waals surface area contributed by atoms with Crippen molar-refractivity contribution in [3.63, 3.8) is 0 Å². The normalized spacial score (nSPS) is 13.8. The Hall–Kier alpha value is -3.02. The third-order valence-electron chi connectivity index (χ3n) is 5.40. The first-order chi connectivity index (χ1) is 17.2. The van der Waals surface area contributed by atoms with Gasteiger partial charge in [0.1, 0.15) is 5.60 Å². The maximum atomic E-state index is 13.4. The van der Waals surface area contributed by atoms with Crippen LogP contribution in [0.25, 0.3) is 0 Å². The van der Waals surface area contributed by atoms with Crippen molar-refractivity contribution in [3.05, 3.63) is 70.3 Å². The predicted octanol–water partition coefficient (Wildman–Crippen LogP) is 4.13. The van der Waals surface area contributed by atoms with Gasteiger partial charge >= 0.3 is 6.09 Å². The first-order valence-electron chi connectivity index (χ1n) is 12.1. The lowest BCUT2D eigenvalue weighted by Gasteiger charge is -2.31. The van der Waals surface area contributed by atoms with Crippen molar-refractivity contribution < 1.29 is 28.0 Å². The number of nitrogens with one attached hydrogen (secondary N) is 1. The number of hydrogen-bond donors (Lipinski definition) is 2. The van der Waals surface area contributed by atoms with Crippen molar-refractivity contribution in [1.29, 1.82) is 0 Å². The lowest BCUT2D eigenvalue weighted by molar-refractivity contribution is -0.384. The number of aryl methyl sites for hydroxylation is 1. The van der Waals surface area contributed by atoms with Gasteiger partial charge in [-0.1, -0.05) is 44.2 Å². The van der Waals surface area contributed by atoms with Crippen LogP contribution < -0.4 is 5.32 Å². The molecule has 0 heterocycles. The molecule has 2 aromatic rings. The Morgan fingerprint density at radius 3 is 2.19 bits per heavy atom. The molecule has 204 valence electrons. The van der Waals surface area contributed by atoms with Crippen LogP contribution in [0.5, 0.6) is 0 Å². The first kappa shape index (κ1) is 30.2. The van der Waals surface area contributed by atoms with Crippen LogP contribution in [0.3, 0.4) is 0 Å². The van der Waals surface area contributed by atoms with E-state index in [0.717, 1.165) is 22.0 Å². The largest absolute Gasteiger partial charge is 0.444 e. The number of amides is 1. The van der Waals surface area contributed by atoms with Crippen LogP contribution in [0.2, 0.25) is 0 Å². The molecule has 0 spiro atoms. The van der Waals surface area contributed by atoms with E-state index >= 15 is 0 Å². The zero-order valence-corrected chi connectivity index (χ0v) is 22.8. The molecule has 2 N–H and O–H groups in total. The Labute approximate surface area is 218 Å². The van der Waals surface area contributed by atoms with Crippen LogP contribution in [0.15, 0.2) is 59.5 Å². The molecular formula is C26H37N3O7S. The topological polar surface area (TPSA) is 139 Å². The van der Waals surface area contributed by atoms with Crippen molar-refractivity contribution in [2.24, 2.45) is 5.92 Å². The van der Waals surface area contributed by atoms with Crippen molar-refractivity contribution in [3.8, 4) is 0 Å². The Kier molecular flexibility index (Phi) is 10.6. The summed E-state index contributed by atoms with van der Waals surface area (Å²) in [6, 6.07) is 13.4. The third-order valence-corrected chi connectivity index (χ3v) is 7.24. The van der Waals surface area contributed by atoms with E-state index in [-0.39, 0.29) is 29.6 Å². The van der Waals surface area contributed by atoms with Gasteiger partial charge in [0, 0.05) is 25.2 Å². The van der Waals surface area contributed by atoms with Crippen molar-refractivity contribution in [1.82, 2.24) is 9.62 Å². The second-order valence-corrected chi connectivity index (χ2v) is 12.2. The molecule has 0 aliphatic rings. The number of aliphatic hydroxyl groups excluding tert-OH is 1. The van der Waals surface area contributed by atoms with E-state index < -0.39 is 38.8 Å². The maximum Gasteiger partial charge on any atom is 0.407 e. The number of rotatable bonds is 12. The molecule has 0 bridgehead atoms. The minimum Gasteiger partial charge on any atom is -0.444 e. The van der Waals surface area contributed by atoms with Gasteiger partial charge in [0.05, 0.1) is 22.0 Å². The molecule has 0 radical (unpaired) electrons. The minimum absolute atomic E-state index is 0.0680. The number of hydrogen-bond acceptors (Lipinski definition) is 7. The lowest BCUT2D eigenvalue weighted by Crippen LogP contribution is -2.51. The lowest BCUT2D eigenvalue weighted by atomic mass is 10.0. The zero-order chi connectivity index (χ0) is 27.8. The quantitative estimate of drug-likeness (QED) is 0.308. The Morgan fingerprint density at radius 2 is 1.68 bits per heavy atom.